The molecule has 0 saturated heterocycles. The Morgan fingerprint density at radius 3 is 1.06 bits per heavy atom. The number of allylic oxidation sites excluding steroid dienone is 21. The van der Waals surface area contributed by atoms with Crippen molar-refractivity contribution in [2.24, 2.45) is 0 Å². The highest BCUT2D eigenvalue weighted by Gasteiger charge is 2.17. The van der Waals surface area contributed by atoms with Gasteiger partial charge < -0.3 is 15.5 Å². The highest BCUT2D eigenvalue weighted by atomic mass is 16.3. The molecule has 0 fully saturated rings. The molecule has 0 spiro atoms. The second kappa shape index (κ2) is 55.9. The van der Waals surface area contributed by atoms with Gasteiger partial charge in [0.2, 0.25) is 5.91 Å². The molecule has 4 nitrogen and oxygen atoms in total. The zero-order valence-corrected chi connectivity index (χ0v) is 42.9. The molecule has 0 aliphatic carbocycles. The van der Waals surface area contributed by atoms with Gasteiger partial charge in [0.15, 0.2) is 0 Å². The molecule has 0 aromatic carbocycles. The van der Waals surface area contributed by atoms with Crippen molar-refractivity contribution in [2.75, 3.05) is 6.61 Å². The summed E-state index contributed by atoms with van der Waals surface area (Å²) in [5.74, 6) is -0.125. The number of nitrogens with one attached hydrogen (secondary N) is 1. The van der Waals surface area contributed by atoms with E-state index in [1.807, 2.05) is 6.08 Å². The highest BCUT2D eigenvalue weighted by Crippen LogP contribution is 2.15. The molecule has 1 amide bonds. The average Bonchev–Trinajstić information content (AvgIpc) is 3.32. The van der Waals surface area contributed by atoms with Crippen LogP contribution < -0.4 is 5.32 Å². The van der Waals surface area contributed by atoms with Crippen LogP contribution in [0.3, 0.4) is 0 Å². The van der Waals surface area contributed by atoms with Crippen LogP contribution in [0.2, 0.25) is 0 Å². The maximum Gasteiger partial charge on any atom is 0.220 e. The Balaban J connectivity index is 3.73. The molecule has 0 bridgehead atoms. The van der Waals surface area contributed by atoms with Crippen molar-refractivity contribution in [3.05, 3.63) is 134 Å². The van der Waals surface area contributed by atoms with Gasteiger partial charge in [-0.3, -0.25) is 4.79 Å². The van der Waals surface area contributed by atoms with Crippen LogP contribution in [0.25, 0.3) is 0 Å². The number of hydrogen-bond acceptors (Lipinski definition) is 3. The van der Waals surface area contributed by atoms with Crippen LogP contribution in [0, 0.1) is 0 Å². The summed E-state index contributed by atoms with van der Waals surface area (Å²) in [7, 11) is 0. The molecule has 4 heteroatoms. The molecule has 2 unspecified atom stereocenters. The molecule has 0 saturated carbocycles. The first kappa shape index (κ1) is 62.5. The van der Waals surface area contributed by atoms with Crippen molar-refractivity contribution in [3.63, 3.8) is 0 Å². The van der Waals surface area contributed by atoms with Crippen LogP contribution in [-0.4, -0.2) is 34.9 Å². The lowest BCUT2D eigenvalue weighted by molar-refractivity contribution is -0.123. The van der Waals surface area contributed by atoms with Crippen molar-refractivity contribution in [1.29, 1.82) is 0 Å². The molecule has 0 rings (SSSR count). The van der Waals surface area contributed by atoms with Gasteiger partial charge in [0.25, 0.3) is 0 Å². The number of carbonyl (C=O) groups excluding carboxylic acids is 1. The topological polar surface area (TPSA) is 69.6 Å². The van der Waals surface area contributed by atoms with Gasteiger partial charge in [-0.2, -0.15) is 0 Å². The van der Waals surface area contributed by atoms with Crippen molar-refractivity contribution in [2.45, 2.75) is 244 Å². The molecule has 3 N–H and O–H groups in total. The van der Waals surface area contributed by atoms with Crippen molar-refractivity contribution < 1.29 is 15.0 Å². The SMILES string of the molecule is CC/C=C\C/C=C\C/C=C\C/C=C\C/C=C\C/C=C\C/C=C\C/C=C\CCCCC(=O)NC(CO)C(O)/C=C/CC/C=C/CC/C=C/CCCCCCCCCCCCCCCCCCC. The smallest absolute Gasteiger partial charge is 0.220 e. The minimum atomic E-state index is -0.900. The van der Waals surface area contributed by atoms with Gasteiger partial charge in [0.1, 0.15) is 0 Å². The number of rotatable bonds is 48. The molecular formula is C62H103NO3. The Morgan fingerprint density at radius 1 is 0.379 bits per heavy atom. The average molecular weight is 911 g/mol. The number of aliphatic hydroxyl groups is 2. The van der Waals surface area contributed by atoms with E-state index in [0.717, 1.165) is 96.3 Å². The van der Waals surface area contributed by atoms with Crippen molar-refractivity contribution >= 4 is 5.91 Å². The van der Waals surface area contributed by atoms with E-state index in [1.54, 1.807) is 6.08 Å². The zero-order valence-electron chi connectivity index (χ0n) is 42.9. The second-order valence-electron chi connectivity index (χ2n) is 17.9. The minimum Gasteiger partial charge on any atom is -0.394 e. The minimum absolute atomic E-state index is 0.125. The van der Waals surface area contributed by atoms with E-state index >= 15 is 0 Å². The Bertz CT molecular complexity index is 1350. The Hall–Kier alpha value is -3.47. The zero-order chi connectivity index (χ0) is 47.7. The third kappa shape index (κ3) is 51.5. The molecule has 0 radical (unpaired) electrons. The molecule has 0 aliphatic rings. The van der Waals surface area contributed by atoms with Gasteiger partial charge in [-0.15, -0.1) is 0 Å². The summed E-state index contributed by atoms with van der Waals surface area (Å²) < 4.78 is 0. The molecule has 0 aromatic heterocycles. The quantitative estimate of drug-likeness (QED) is 0.0421. The largest absolute Gasteiger partial charge is 0.394 e. The van der Waals surface area contributed by atoms with Crippen LogP contribution in [0.15, 0.2) is 134 Å². The van der Waals surface area contributed by atoms with E-state index < -0.39 is 12.1 Å². The lowest BCUT2D eigenvalue weighted by Crippen LogP contribution is -2.45. The van der Waals surface area contributed by atoms with E-state index in [0.29, 0.717) is 6.42 Å². The molecular weight excluding hydrogens is 807 g/mol. The fourth-order valence-corrected chi connectivity index (χ4v) is 7.46. The Morgan fingerprint density at radius 2 is 0.682 bits per heavy atom. The van der Waals surface area contributed by atoms with Crippen LogP contribution in [-0.2, 0) is 4.79 Å². The summed E-state index contributed by atoms with van der Waals surface area (Å²) >= 11 is 0. The van der Waals surface area contributed by atoms with Crippen molar-refractivity contribution in [3.8, 4) is 0 Å². The third-order valence-corrected chi connectivity index (χ3v) is 11.6. The van der Waals surface area contributed by atoms with Gasteiger partial charge in [0.05, 0.1) is 18.8 Å². The number of amides is 1. The van der Waals surface area contributed by atoms with E-state index in [2.05, 4.69) is 141 Å². The number of unbranched alkanes of at least 4 members (excludes halogenated alkanes) is 21. The normalized spacial score (nSPS) is 13.9. The monoisotopic (exact) mass is 910 g/mol. The molecule has 0 aliphatic heterocycles. The van der Waals surface area contributed by atoms with E-state index in [9.17, 15) is 15.0 Å². The molecule has 0 heterocycles. The Kier molecular flexibility index (Phi) is 52.9. The highest BCUT2D eigenvalue weighted by molar-refractivity contribution is 5.76. The van der Waals surface area contributed by atoms with Crippen LogP contribution >= 0.6 is 0 Å². The summed E-state index contributed by atoms with van der Waals surface area (Å²) in [6.07, 6.45) is 87.5. The van der Waals surface area contributed by atoms with E-state index in [4.69, 9.17) is 0 Å². The molecule has 374 valence electrons. The third-order valence-electron chi connectivity index (χ3n) is 11.6. The lowest BCUT2D eigenvalue weighted by Gasteiger charge is -2.19. The lowest BCUT2D eigenvalue weighted by atomic mass is 10.0. The number of hydrogen-bond donors (Lipinski definition) is 3. The van der Waals surface area contributed by atoms with Gasteiger partial charge in [-0.25, -0.2) is 0 Å². The second-order valence-corrected chi connectivity index (χ2v) is 17.9. The van der Waals surface area contributed by atoms with Crippen LogP contribution in [0.4, 0.5) is 0 Å². The Labute approximate surface area is 409 Å². The first-order chi connectivity index (χ1) is 32.7. The summed E-state index contributed by atoms with van der Waals surface area (Å²) in [5.41, 5.74) is 0. The maximum absolute atomic E-state index is 12.4. The first-order valence-electron chi connectivity index (χ1n) is 27.4. The van der Waals surface area contributed by atoms with Crippen molar-refractivity contribution in [1.82, 2.24) is 5.32 Å². The van der Waals surface area contributed by atoms with Gasteiger partial charge in [-0.1, -0.05) is 250 Å². The van der Waals surface area contributed by atoms with E-state index in [1.165, 1.54) is 116 Å². The predicted octanol–water partition coefficient (Wildman–Crippen LogP) is 18.2. The van der Waals surface area contributed by atoms with Crippen LogP contribution in [0.5, 0.6) is 0 Å². The van der Waals surface area contributed by atoms with Crippen LogP contribution in [0.1, 0.15) is 232 Å². The summed E-state index contributed by atoms with van der Waals surface area (Å²) in [4.78, 5) is 12.4. The predicted molar refractivity (Wildman–Crippen MR) is 294 cm³/mol. The molecule has 66 heavy (non-hydrogen) atoms. The first-order valence-corrected chi connectivity index (χ1v) is 27.4. The number of aliphatic hydroxyl groups excluding tert-OH is 2. The van der Waals surface area contributed by atoms with Gasteiger partial charge >= 0.3 is 0 Å². The molecule has 2 atom stereocenters. The fraction of sp³-hybridized carbons (Fsp3) is 0.629. The maximum atomic E-state index is 12.4. The standard InChI is InChI=1S/C62H103NO3/c1-3-5-7-9-11-13-15-17-19-21-23-25-27-29-31-33-35-37-39-41-43-45-47-49-51-53-55-57-61(65)60(59-64)63-62(66)58-56-54-52-50-48-46-44-42-40-38-36-34-32-30-28-26-24-22-20-18-16-14-12-10-8-6-4-2/h6,8,12,14,18,20,24,26,30,32,36,38-39,41-42,44,47-50,55,57,60-61,64-65H,3-5,7,9-11,13,15-17,19,21-23,25,27-29,31,33-35,37,40,43,45-46,51-54,56,58-59H2,1-2H3,(H,63,66)/b8-6-,14-12-,20-18-,26-24-,32-30-,38-36-,41-39+,44-42-,49-47+,50-48-,57-55+. The summed E-state index contributed by atoms with van der Waals surface area (Å²) in [6, 6.07) is -0.681. The van der Waals surface area contributed by atoms with E-state index in [-0.39, 0.29) is 12.5 Å². The molecule has 0 aromatic rings. The fourth-order valence-electron chi connectivity index (χ4n) is 7.46. The summed E-state index contributed by atoms with van der Waals surface area (Å²) in [5, 5.41) is 23.1. The van der Waals surface area contributed by atoms with Gasteiger partial charge in [0, 0.05) is 6.42 Å². The number of carbonyl (C=O) groups is 1. The van der Waals surface area contributed by atoms with Gasteiger partial charge in [-0.05, 0) is 109 Å². The summed E-state index contributed by atoms with van der Waals surface area (Å²) in [6.45, 7) is 4.16.